The Morgan fingerprint density at radius 2 is 0.872 bits per heavy atom. The average molecular weight is 638 g/mol. The molecule has 0 spiro atoms. The summed E-state index contributed by atoms with van der Waals surface area (Å²) in [5.74, 6) is 0. The molecule has 0 atom stereocenters. The standard InChI is InChI=1S/C42H23NO2S2/c1-5-19-34-24(11-1)30-23-33(38-29-14-2-6-20-35(29)45-40(38)39(30)44-34)43(31-17-9-15-27-25-12-3-7-21-36(25)46-41(27)31)32-18-10-16-28-26-13-4-8-22-37(26)47-42(28)32/h1-23H. The maximum Gasteiger partial charge on any atom is 0.180 e. The van der Waals surface area contributed by atoms with Crippen LogP contribution in [0, 0.1) is 0 Å². The van der Waals surface area contributed by atoms with Crippen molar-refractivity contribution in [2.24, 2.45) is 0 Å². The molecule has 11 rings (SSSR count). The van der Waals surface area contributed by atoms with Crippen LogP contribution in [-0.2, 0) is 0 Å². The number of thiophene rings is 2. The van der Waals surface area contributed by atoms with E-state index in [2.05, 4.69) is 126 Å². The van der Waals surface area contributed by atoms with Crippen LogP contribution >= 0.6 is 22.7 Å². The second-order valence-corrected chi connectivity index (χ2v) is 14.1. The van der Waals surface area contributed by atoms with E-state index >= 15 is 0 Å². The molecule has 4 heterocycles. The van der Waals surface area contributed by atoms with Crippen molar-refractivity contribution >= 4 is 124 Å². The Kier molecular flexibility index (Phi) is 5.14. The minimum Gasteiger partial charge on any atom is -0.452 e. The molecule has 11 aromatic rings. The van der Waals surface area contributed by atoms with E-state index in [1.807, 2.05) is 40.9 Å². The molecule has 220 valence electrons. The quantitative estimate of drug-likeness (QED) is 0.193. The van der Waals surface area contributed by atoms with Crippen LogP contribution in [0.2, 0.25) is 0 Å². The number of hydrogen-bond donors (Lipinski definition) is 0. The molecule has 3 nitrogen and oxygen atoms in total. The predicted molar refractivity (Wildman–Crippen MR) is 201 cm³/mol. The summed E-state index contributed by atoms with van der Waals surface area (Å²) in [5, 5.41) is 9.32. The molecular formula is C42H23NO2S2. The summed E-state index contributed by atoms with van der Waals surface area (Å²) in [4.78, 5) is 2.49. The zero-order valence-electron chi connectivity index (χ0n) is 24.9. The van der Waals surface area contributed by atoms with E-state index in [-0.39, 0.29) is 0 Å². The monoisotopic (exact) mass is 637 g/mol. The lowest BCUT2D eigenvalue weighted by Crippen LogP contribution is -2.10. The second-order valence-electron chi connectivity index (χ2n) is 12.0. The van der Waals surface area contributed by atoms with E-state index in [0.29, 0.717) is 0 Å². The fourth-order valence-electron chi connectivity index (χ4n) is 7.43. The molecule has 0 unspecified atom stereocenters. The molecule has 0 fully saturated rings. The average Bonchev–Trinajstić information content (AvgIpc) is 3.89. The fraction of sp³-hybridized carbons (Fsp3) is 0. The molecule has 0 radical (unpaired) electrons. The Morgan fingerprint density at radius 1 is 0.383 bits per heavy atom. The van der Waals surface area contributed by atoms with Crippen LogP contribution in [0.4, 0.5) is 17.1 Å². The topological polar surface area (TPSA) is 29.5 Å². The molecule has 0 N–H and O–H groups in total. The van der Waals surface area contributed by atoms with Crippen molar-refractivity contribution in [1.29, 1.82) is 0 Å². The van der Waals surface area contributed by atoms with Crippen molar-refractivity contribution in [1.82, 2.24) is 0 Å². The molecule has 0 aliphatic rings. The molecule has 0 aliphatic carbocycles. The van der Waals surface area contributed by atoms with Gasteiger partial charge in [0.25, 0.3) is 0 Å². The lowest BCUT2D eigenvalue weighted by molar-refractivity contribution is 0.633. The lowest BCUT2D eigenvalue weighted by atomic mass is 10.0. The van der Waals surface area contributed by atoms with Gasteiger partial charge in [0.05, 0.1) is 31.8 Å². The number of furan rings is 2. The van der Waals surface area contributed by atoms with Crippen LogP contribution < -0.4 is 4.90 Å². The highest BCUT2D eigenvalue weighted by Crippen LogP contribution is 2.53. The van der Waals surface area contributed by atoms with Gasteiger partial charge in [-0.25, -0.2) is 0 Å². The summed E-state index contributed by atoms with van der Waals surface area (Å²) in [6, 6.07) is 49.9. The first kappa shape index (κ1) is 25.6. The van der Waals surface area contributed by atoms with Crippen LogP contribution in [0.3, 0.4) is 0 Å². The lowest BCUT2D eigenvalue weighted by Gasteiger charge is -2.27. The molecule has 47 heavy (non-hydrogen) atoms. The van der Waals surface area contributed by atoms with E-state index in [9.17, 15) is 0 Å². The molecule has 0 aliphatic heterocycles. The van der Waals surface area contributed by atoms with Crippen LogP contribution in [0.1, 0.15) is 0 Å². The fourth-order valence-corrected chi connectivity index (χ4v) is 9.84. The van der Waals surface area contributed by atoms with Gasteiger partial charge in [0.1, 0.15) is 11.2 Å². The molecule has 7 aromatic carbocycles. The molecule has 5 heteroatoms. The summed E-state index contributed by atoms with van der Waals surface area (Å²) in [7, 11) is 0. The van der Waals surface area contributed by atoms with Crippen LogP contribution in [0.5, 0.6) is 0 Å². The number of rotatable bonds is 3. The van der Waals surface area contributed by atoms with E-state index < -0.39 is 0 Å². The maximum absolute atomic E-state index is 6.71. The van der Waals surface area contributed by atoms with Crippen molar-refractivity contribution < 1.29 is 8.83 Å². The van der Waals surface area contributed by atoms with Crippen molar-refractivity contribution in [3.05, 3.63) is 140 Å². The third-order valence-corrected chi connectivity index (χ3v) is 11.9. The van der Waals surface area contributed by atoms with Gasteiger partial charge in [0.15, 0.2) is 11.2 Å². The van der Waals surface area contributed by atoms with E-state index in [1.54, 1.807) is 0 Å². The molecule has 4 aromatic heterocycles. The molecule has 0 saturated carbocycles. The SMILES string of the molecule is c1ccc2c(c1)oc1c2cc(N(c2cccc3c2sc2ccccc23)c2cccc3c2sc2ccccc23)c2c3ccccc3oc12. The van der Waals surface area contributed by atoms with Crippen molar-refractivity contribution in [3.8, 4) is 0 Å². The molecular weight excluding hydrogens is 615 g/mol. The number of anilines is 3. The van der Waals surface area contributed by atoms with Crippen molar-refractivity contribution in [2.75, 3.05) is 4.90 Å². The number of fused-ring (bicyclic) bond motifs is 13. The van der Waals surface area contributed by atoms with E-state index in [4.69, 9.17) is 8.83 Å². The van der Waals surface area contributed by atoms with Crippen molar-refractivity contribution in [2.45, 2.75) is 0 Å². The minimum atomic E-state index is 0.770. The van der Waals surface area contributed by atoms with Gasteiger partial charge >= 0.3 is 0 Å². The van der Waals surface area contributed by atoms with Gasteiger partial charge in [0.2, 0.25) is 0 Å². The number of nitrogens with zero attached hydrogens (tertiary/aromatic N) is 1. The Labute approximate surface area is 276 Å². The van der Waals surface area contributed by atoms with E-state index in [1.165, 1.54) is 40.3 Å². The van der Waals surface area contributed by atoms with Gasteiger partial charge in [-0.05, 0) is 42.5 Å². The van der Waals surface area contributed by atoms with Crippen LogP contribution in [0.25, 0.3) is 84.2 Å². The smallest absolute Gasteiger partial charge is 0.180 e. The third-order valence-electron chi connectivity index (χ3n) is 9.46. The van der Waals surface area contributed by atoms with Gasteiger partial charge in [-0.2, -0.15) is 0 Å². The zero-order valence-corrected chi connectivity index (χ0v) is 26.5. The predicted octanol–water partition coefficient (Wildman–Crippen LogP) is 13.7. The summed E-state index contributed by atoms with van der Waals surface area (Å²) in [6.07, 6.45) is 0. The summed E-state index contributed by atoms with van der Waals surface area (Å²) in [5.41, 5.74) is 6.61. The first-order chi connectivity index (χ1) is 23.3. The highest BCUT2D eigenvalue weighted by Gasteiger charge is 2.27. The number of hydrogen-bond acceptors (Lipinski definition) is 5. The first-order valence-electron chi connectivity index (χ1n) is 15.7. The zero-order chi connectivity index (χ0) is 30.6. The van der Waals surface area contributed by atoms with Gasteiger partial charge in [-0.15, -0.1) is 22.7 Å². The van der Waals surface area contributed by atoms with Gasteiger partial charge in [-0.3, -0.25) is 0 Å². The number of para-hydroxylation sites is 2. The summed E-state index contributed by atoms with van der Waals surface area (Å²) >= 11 is 3.71. The van der Waals surface area contributed by atoms with Crippen molar-refractivity contribution in [3.63, 3.8) is 0 Å². The second kappa shape index (κ2) is 9.46. The first-order valence-corrected chi connectivity index (χ1v) is 17.3. The minimum absolute atomic E-state index is 0.770. The normalized spacial score (nSPS) is 12.3. The molecule has 0 bridgehead atoms. The largest absolute Gasteiger partial charge is 0.452 e. The summed E-state index contributed by atoms with van der Waals surface area (Å²) < 4.78 is 18.3. The number of benzene rings is 7. The Hall–Kier alpha value is -5.62. The summed E-state index contributed by atoms with van der Waals surface area (Å²) in [6.45, 7) is 0. The van der Waals surface area contributed by atoms with Gasteiger partial charge in [-0.1, -0.05) is 97.1 Å². The highest BCUT2D eigenvalue weighted by atomic mass is 32.1. The molecule has 0 amide bonds. The van der Waals surface area contributed by atoms with Gasteiger partial charge in [0, 0.05) is 47.1 Å². The Morgan fingerprint density at radius 3 is 1.51 bits per heavy atom. The third kappa shape index (κ3) is 3.50. The van der Waals surface area contributed by atoms with Crippen LogP contribution in [-0.4, -0.2) is 0 Å². The van der Waals surface area contributed by atoms with E-state index in [0.717, 1.165) is 60.9 Å². The highest BCUT2D eigenvalue weighted by molar-refractivity contribution is 7.27. The maximum atomic E-state index is 6.71. The van der Waals surface area contributed by atoms with Crippen LogP contribution in [0.15, 0.2) is 148 Å². The van der Waals surface area contributed by atoms with Gasteiger partial charge < -0.3 is 13.7 Å². The Bertz CT molecular complexity index is 2930. The Balaban J connectivity index is 1.36. The molecule has 0 saturated heterocycles.